The van der Waals surface area contributed by atoms with Crippen LogP contribution in [0.1, 0.15) is 58.9 Å². The Hall–Kier alpha value is -3.74. The van der Waals surface area contributed by atoms with Crippen molar-refractivity contribution >= 4 is 0 Å². The van der Waals surface area contributed by atoms with Gasteiger partial charge in [0.15, 0.2) is 5.75 Å². The topological polar surface area (TPSA) is 27.7 Å². The molecular formula is C35H38O3. The van der Waals surface area contributed by atoms with Gasteiger partial charge in [-0.2, -0.15) is 0 Å². The van der Waals surface area contributed by atoms with Gasteiger partial charge in [-0.1, -0.05) is 107 Å². The van der Waals surface area contributed by atoms with Crippen LogP contribution < -0.4 is 9.62 Å². The summed E-state index contributed by atoms with van der Waals surface area (Å²) in [4.78, 5) is 11.8. The fourth-order valence-corrected chi connectivity index (χ4v) is 4.80. The molecule has 3 heteroatoms. The fourth-order valence-electron chi connectivity index (χ4n) is 4.80. The van der Waals surface area contributed by atoms with Crippen LogP contribution in [0.2, 0.25) is 0 Å². The number of hydrogen-bond acceptors (Lipinski definition) is 3. The van der Waals surface area contributed by atoms with E-state index < -0.39 is 6.29 Å². The lowest BCUT2D eigenvalue weighted by Gasteiger charge is -2.25. The van der Waals surface area contributed by atoms with Gasteiger partial charge in [0.25, 0.3) is 0 Å². The molecule has 0 aliphatic heterocycles. The van der Waals surface area contributed by atoms with Crippen molar-refractivity contribution in [2.75, 3.05) is 0 Å². The number of rotatable bonds is 12. The number of hydrogen-bond donors (Lipinski definition) is 0. The summed E-state index contributed by atoms with van der Waals surface area (Å²) < 4.78 is 6.07. The van der Waals surface area contributed by atoms with E-state index in [2.05, 4.69) is 64.1 Å². The molecule has 0 aliphatic rings. The summed E-state index contributed by atoms with van der Waals surface area (Å²) in [5, 5.41) is 0. The Morgan fingerprint density at radius 3 is 2.16 bits per heavy atom. The van der Waals surface area contributed by atoms with E-state index >= 15 is 0 Å². The smallest absolute Gasteiger partial charge is 0.239 e. The molecule has 0 aromatic heterocycles. The molecule has 0 fully saturated rings. The molecule has 0 spiro atoms. The van der Waals surface area contributed by atoms with E-state index in [-0.39, 0.29) is 0 Å². The Morgan fingerprint density at radius 1 is 0.763 bits per heavy atom. The first-order valence-electron chi connectivity index (χ1n) is 13.6. The summed E-state index contributed by atoms with van der Waals surface area (Å²) in [5.41, 5.74) is 5.08. The second-order valence-electron chi connectivity index (χ2n) is 10.3. The van der Waals surface area contributed by atoms with Gasteiger partial charge >= 0.3 is 0 Å². The van der Waals surface area contributed by atoms with Crippen LogP contribution in [0.5, 0.6) is 11.5 Å². The van der Waals surface area contributed by atoms with Crippen LogP contribution in [0, 0.1) is 24.0 Å². The molecular weight excluding hydrogens is 468 g/mol. The molecule has 0 aliphatic carbocycles. The van der Waals surface area contributed by atoms with Crippen LogP contribution in [-0.4, -0.2) is 6.29 Å². The van der Waals surface area contributed by atoms with Crippen molar-refractivity contribution in [3.63, 3.8) is 0 Å². The van der Waals surface area contributed by atoms with E-state index in [1.54, 1.807) is 0 Å². The summed E-state index contributed by atoms with van der Waals surface area (Å²) in [6.45, 7) is 11.0. The highest BCUT2D eigenvalue weighted by Crippen LogP contribution is 2.39. The molecule has 4 rings (SSSR count). The highest BCUT2D eigenvalue weighted by molar-refractivity contribution is 5.81. The molecule has 0 N–H and O–H groups in total. The standard InChI is InChI=1S/C35H38O3/c1-6-26(4)34(24-25(2)3)30-20-22-31(23-21-30)36-27(5)37-38-35-32(28-14-9-7-10-15-28)18-13-19-33(35)29-16-11-8-12-17-29/h7-11,13-16,18-23,25-27,34H,6,24H2,1-5H3. The van der Waals surface area contributed by atoms with Crippen LogP contribution in [0.25, 0.3) is 22.3 Å². The zero-order valence-corrected chi connectivity index (χ0v) is 23.1. The maximum absolute atomic E-state index is 6.07. The van der Waals surface area contributed by atoms with E-state index in [0.717, 1.165) is 28.0 Å². The molecule has 3 unspecified atom stereocenters. The van der Waals surface area contributed by atoms with Gasteiger partial charge in [-0.15, -0.1) is 4.89 Å². The van der Waals surface area contributed by atoms with Crippen LogP contribution in [-0.2, 0) is 4.89 Å². The maximum Gasteiger partial charge on any atom is 0.239 e. The molecule has 196 valence electrons. The zero-order chi connectivity index (χ0) is 26.9. The summed E-state index contributed by atoms with van der Waals surface area (Å²) in [6.07, 6.45) is 1.73. The van der Waals surface area contributed by atoms with Gasteiger partial charge in [-0.05, 0) is 65.6 Å². The predicted octanol–water partition coefficient (Wildman–Crippen LogP) is 9.53. The summed E-state index contributed by atoms with van der Waals surface area (Å²) >= 11 is 0. The fraction of sp³-hybridized carbons (Fsp3) is 0.314. The minimum absolute atomic E-state index is 0.547. The van der Waals surface area contributed by atoms with E-state index in [1.807, 2.05) is 73.7 Å². The lowest BCUT2D eigenvalue weighted by atomic mass is 9.80. The third kappa shape index (κ3) is 6.97. The summed E-state index contributed by atoms with van der Waals surface area (Å²) in [6, 6.07) is 36.6. The van der Waals surface area contributed by atoms with Gasteiger partial charge in [0.05, 0.1) is 0 Å². The maximum atomic E-state index is 6.07. The molecule has 4 aromatic rings. The van der Waals surface area contributed by atoms with Gasteiger partial charge < -0.3 is 9.62 Å². The molecule has 0 amide bonds. The Labute approximate surface area is 228 Å². The largest absolute Gasteiger partial charge is 0.461 e. The van der Waals surface area contributed by atoms with Gasteiger partial charge in [0, 0.05) is 23.6 Å². The SMILES string of the molecule is CCC(C)C(CC(C)C)c1ccc(OC(C)OOc2c(-c3c#cccc3)cccc2-c2ccccc2)cc1. The second-order valence-corrected chi connectivity index (χ2v) is 10.3. The summed E-state index contributed by atoms with van der Waals surface area (Å²) in [7, 11) is 0. The van der Waals surface area contributed by atoms with E-state index in [1.165, 1.54) is 18.4 Å². The van der Waals surface area contributed by atoms with Crippen LogP contribution in [0.15, 0.2) is 91.0 Å². The van der Waals surface area contributed by atoms with E-state index in [9.17, 15) is 0 Å². The Kier molecular flexibility index (Phi) is 9.46. The average Bonchev–Trinajstić information content (AvgIpc) is 2.95. The predicted molar refractivity (Wildman–Crippen MR) is 155 cm³/mol. The second kappa shape index (κ2) is 13.2. The lowest BCUT2D eigenvalue weighted by Crippen LogP contribution is -2.19. The van der Waals surface area contributed by atoms with E-state index in [0.29, 0.717) is 23.5 Å². The van der Waals surface area contributed by atoms with Crippen LogP contribution >= 0.6 is 0 Å². The normalized spacial score (nSPS) is 13.4. The third-order valence-electron chi connectivity index (χ3n) is 6.97. The van der Waals surface area contributed by atoms with Crippen molar-refractivity contribution in [3.05, 3.63) is 109 Å². The minimum Gasteiger partial charge on any atom is -0.461 e. The first kappa shape index (κ1) is 27.3. The number of ether oxygens (including phenoxy) is 1. The minimum atomic E-state index is -0.620. The van der Waals surface area contributed by atoms with Crippen molar-refractivity contribution in [2.24, 2.45) is 11.8 Å². The molecule has 0 saturated carbocycles. The van der Waals surface area contributed by atoms with Gasteiger partial charge in [0.2, 0.25) is 6.29 Å². The molecule has 38 heavy (non-hydrogen) atoms. The quantitative estimate of drug-likeness (QED) is 0.109. The molecule has 3 nitrogen and oxygen atoms in total. The van der Waals surface area contributed by atoms with Crippen LogP contribution in [0.4, 0.5) is 0 Å². The van der Waals surface area contributed by atoms with Gasteiger partial charge in [0.1, 0.15) is 5.75 Å². The zero-order valence-electron chi connectivity index (χ0n) is 23.1. The lowest BCUT2D eigenvalue weighted by molar-refractivity contribution is -0.288. The number of benzene rings is 3. The van der Waals surface area contributed by atoms with E-state index in [4.69, 9.17) is 14.5 Å². The highest BCUT2D eigenvalue weighted by atomic mass is 17.2. The van der Waals surface area contributed by atoms with Crippen molar-refractivity contribution < 1.29 is 14.5 Å². The monoisotopic (exact) mass is 506 g/mol. The Morgan fingerprint density at radius 2 is 1.50 bits per heavy atom. The highest BCUT2D eigenvalue weighted by Gasteiger charge is 2.20. The Balaban J connectivity index is 1.50. The number of para-hydroxylation sites is 1. The average molecular weight is 507 g/mol. The van der Waals surface area contributed by atoms with Crippen LogP contribution in [0.3, 0.4) is 0 Å². The van der Waals surface area contributed by atoms with Crippen molar-refractivity contribution in [2.45, 2.75) is 59.7 Å². The molecule has 0 heterocycles. The molecule has 0 bridgehead atoms. The van der Waals surface area contributed by atoms with Crippen molar-refractivity contribution in [3.8, 4) is 33.8 Å². The first-order chi connectivity index (χ1) is 18.5. The molecule has 3 atom stereocenters. The van der Waals surface area contributed by atoms with Crippen molar-refractivity contribution in [1.29, 1.82) is 0 Å². The molecule has 0 radical (unpaired) electrons. The molecule has 0 saturated heterocycles. The summed E-state index contributed by atoms with van der Waals surface area (Å²) in [5.74, 6) is 3.21. The van der Waals surface area contributed by atoms with Gasteiger partial charge in [-0.25, -0.2) is 0 Å². The third-order valence-corrected chi connectivity index (χ3v) is 6.97. The van der Waals surface area contributed by atoms with Gasteiger partial charge in [-0.3, -0.25) is 0 Å². The Bertz CT molecular complexity index is 1190. The van der Waals surface area contributed by atoms with Crippen molar-refractivity contribution in [1.82, 2.24) is 0 Å². The first-order valence-corrected chi connectivity index (χ1v) is 13.6. The molecule has 4 aromatic carbocycles.